The molecule has 5 unspecified atom stereocenters. The quantitative estimate of drug-likeness (QED) is 0.0169. The fraction of sp³-hybridized carbons (Fsp3) is 0.714. The van der Waals surface area contributed by atoms with Gasteiger partial charge < -0.3 is 33.8 Å². The molecule has 0 bridgehead atoms. The number of rotatable bonds is 81. The third kappa shape index (κ3) is 81.2. The maximum Gasteiger partial charge on any atom is 0.472 e. The molecule has 0 rings (SSSR count). The molecule has 3 N–H and O–H groups in total. The van der Waals surface area contributed by atoms with Crippen LogP contribution in [0.15, 0.2) is 134 Å². The lowest BCUT2D eigenvalue weighted by atomic mass is 10.0. The summed E-state index contributed by atoms with van der Waals surface area (Å²) in [6.07, 6.45) is 94.1. The molecular weight excluding hydrogens is 1430 g/mol. The molecule has 0 fully saturated rings. The molecule has 0 saturated carbocycles. The second-order valence-electron chi connectivity index (χ2n) is 28.7. The van der Waals surface area contributed by atoms with E-state index in [1.807, 2.05) is 12.2 Å². The smallest absolute Gasteiger partial charge is 0.462 e. The first-order valence-corrected chi connectivity index (χ1v) is 46.4. The zero-order valence-corrected chi connectivity index (χ0v) is 71.2. The minimum Gasteiger partial charge on any atom is -0.462 e. The first-order chi connectivity index (χ1) is 53.7. The average molecular weight is 1580 g/mol. The van der Waals surface area contributed by atoms with E-state index in [1.54, 1.807) is 0 Å². The number of carbonyl (C=O) groups excluding carboxylic acids is 4. The maximum atomic E-state index is 13.2. The number of phosphoric acid groups is 2. The van der Waals surface area contributed by atoms with Crippen LogP contribution in [0.4, 0.5) is 0 Å². The molecule has 5 atom stereocenters. The molecule has 0 aromatic heterocycles. The molecule has 0 radical (unpaired) electrons. The molecule has 17 nitrogen and oxygen atoms in total. The molecule has 0 aliphatic heterocycles. The van der Waals surface area contributed by atoms with Crippen LogP contribution in [0.5, 0.6) is 0 Å². The predicted molar refractivity (Wildman–Crippen MR) is 454 cm³/mol. The summed E-state index contributed by atoms with van der Waals surface area (Å²) in [4.78, 5) is 73.3. The van der Waals surface area contributed by atoms with Crippen molar-refractivity contribution in [3.8, 4) is 0 Å². The van der Waals surface area contributed by atoms with Crippen molar-refractivity contribution in [1.82, 2.24) is 0 Å². The highest BCUT2D eigenvalue weighted by atomic mass is 31.2. The molecule has 0 aromatic carbocycles. The van der Waals surface area contributed by atoms with Crippen molar-refractivity contribution in [2.45, 2.75) is 380 Å². The van der Waals surface area contributed by atoms with Crippen molar-refractivity contribution in [1.29, 1.82) is 0 Å². The lowest BCUT2D eigenvalue weighted by Crippen LogP contribution is -2.30. The Morgan fingerprint density at radius 2 is 0.482 bits per heavy atom. The average Bonchev–Trinajstić information content (AvgIpc) is 0.911. The Labute approximate surface area is 669 Å². The van der Waals surface area contributed by atoms with E-state index in [1.165, 1.54) is 103 Å². The lowest BCUT2D eigenvalue weighted by molar-refractivity contribution is -0.161. The highest BCUT2D eigenvalue weighted by Gasteiger charge is 2.30. The predicted octanol–water partition coefficient (Wildman–Crippen LogP) is 26.0. The van der Waals surface area contributed by atoms with Crippen LogP contribution in [-0.2, 0) is 65.4 Å². The summed E-state index contributed by atoms with van der Waals surface area (Å²) in [5.74, 6) is -2.26. The van der Waals surface area contributed by atoms with Gasteiger partial charge in [-0.2, -0.15) is 0 Å². The Morgan fingerprint density at radius 3 is 0.782 bits per heavy atom. The maximum absolute atomic E-state index is 13.2. The number of allylic oxidation sites excluding steroid dienone is 22. The van der Waals surface area contributed by atoms with E-state index in [-0.39, 0.29) is 25.7 Å². The molecule has 0 aliphatic rings. The van der Waals surface area contributed by atoms with E-state index >= 15 is 0 Å². The zero-order valence-electron chi connectivity index (χ0n) is 69.4. The minimum absolute atomic E-state index is 0.0740. The van der Waals surface area contributed by atoms with Crippen LogP contribution in [0.3, 0.4) is 0 Å². The molecule has 632 valence electrons. The third-order valence-corrected chi connectivity index (χ3v) is 20.0. The molecule has 0 aromatic rings. The number of carbonyl (C=O) groups is 4. The van der Waals surface area contributed by atoms with E-state index in [0.717, 1.165) is 173 Å². The molecule has 0 saturated heterocycles. The lowest BCUT2D eigenvalue weighted by Gasteiger charge is -2.21. The Hall–Kier alpha value is -4.80. The fourth-order valence-corrected chi connectivity index (χ4v) is 13.1. The second-order valence-corrected chi connectivity index (χ2v) is 31.7. The van der Waals surface area contributed by atoms with Crippen molar-refractivity contribution in [2.24, 2.45) is 0 Å². The van der Waals surface area contributed by atoms with E-state index in [9.17, 15) is 43.2 Å². The Bertz CT molecular complexity index is 2600. The minimum atomic E-state index is -5.00. The first kappa shape index (κ1) is 105. The molecule has 0 heterocycles. The van der Waals surface area contributed by atoms with Crippen molar-refractivity contribution in [3.63, 3.8) is 0 Å². The number of hydrogen-bond donors (Lipinski definition) is 3. The van der Waals surface area contributed by atoms with Gasteiger partial charge in [0.1, 0.15) is 19.3 Å². The van der Waals surface area contributed by atoms with Crippen LogP contribution < -0.4 is 0 Å². The van der Waals surface area contributed by atoms with Gasteiger partial charge in [-0.05, 0) is 141 Å². The fourth-order valence-electron chi connectivity index (χ4n) is 11.5. The normalized spacial score (nSPS) is 14.4. The SMILES string of the molecule is CC/C=C\C/C=C\C/C=C\C/C=C\C/C=C\CCCC(=O)OCC(COP(=O)(O)OCC(O)COP(=O)(O)OCC(COC(=O)CCCCCCCC/C=C\C/C=C\C/C=C\CCCCC)OC(=O)CCCCCCCC/C=C\C/C=C\C/C=C\CCCCC)OC(=O)CCCCCCCCCCCCCCCCC. The van der Waals surface area contributed by atoms with E-state index in [0.29, 0.717) is 32.1 Å². The topological polar surface area (TPSA) is 237 Å². The molecule has 0 spiro atoms. The Morgan fingerprint density at radius 1 is 0.264 bits per heavy atom. The van der Waals surface area contributed by atoms with Gasteiger partial charge in [0.05, 0.1) is 26.4 Å². The van der Waals surface area contributed by atoms with Crippen LogP contribution >= 0.6 is 15.6 Å². The van der Waals surface area contributed by atoms with Gasteiger partial charge >= 0.3 is 39.5 Å². The molecular formula is C91H156O17P2. The number of aliphatic hydroxyl groups excluding tert-OH is 1. The highest BCUT2D eigenvalue weighted by molar-refractivity contribution is 7.47. The van der Waals surface area contributed by atoms with Gasteiger partial charge in [0.2, 0.25) is 0 Å². The van der Waals surface area contributed by atoms with Crippen LogP contribution in [-0.4, -0.2) is 96.7 Å². The highest BCUT2D eigenvalue weighted by Crippen LogP contribution is 2.45. The summed E-state index contributed by atoms with van der Waals surface area (Å²) in [5.41, 5.74) is 0. The monoisotopic (exact) mass is 1580 g/mol. The second kappa shape index (κ2) is 82.2. The molecule has 0 amide bonds. The number of ether oxygens (including phenoxy) is 4. The number of hydrogen-bond acceptors (Lipinski definition) is 15. The largest absolute Gasteiger partial charge is 0.472 e. The van der Waals surface area contributed by atoms with Crippen molar-refractivity contribution < 1.29 is 80.2 Å². The molecule has 19 heteroatoms. The molecule has 0 aliphatic carbocycles. The standard InChI is InChI=1S/C91H156O17P2/c1-5-9-13-17-21-25-29-33-37-40-42-45-49-52-56-60-64-68-72-76-89(94)102-82-87(108-91(96)78-74-70-66-62-58-54-50-46-43-41-38-34-30-26-22-18-14-10-6-2)84-106-110(99,100)104-80-85(92)79-103-109(97,98)105-83-86(107-90(95)77-73-69-65-61-57-53-47-36-32-28-24-20-16-12-8-4)81-101-88(93)75-71-67-63-59-55-51-48-44-39-35-31-27-23-19-15-11-7-3/h11,15,21-23,25-27,33-35,37-39,42-43,45-46,48,51,59,63,85-87,92H,5-10,12-14,16-20,24,28-32,36,40-41,44,47,49-50,52-58,60-62,64-84H2,1-4H3,(H,97,98)(H,99,100)/b15-11-,25-21-,26-22-,27-23-,37-33-,38-34-,39-35-,45-42-,46-43-,51-48-,63-59-. The van der Waals surface area contributed by atoms with Crippen LogP contribution in [0.25, 0.3) is 0 Å². The summed E-state index contributed by atoms with van der Waals surface area (Å²) in [7, 11) is -9.99. The number of aliphatic hydroxyl groups is 1. The summed E-state index contributed by atoms with van der Waals surface area (Å²) < 4.78 is 68.8. The van der Waals surface area contributed by atoms with Gasteiger partial charge in [-0.1, -0.05) is 328 Å². The summed E-state index contributed by atoms with van der Waals surface area (Å²) in [6.45, 7) is 4.67. The molecule has 110 heavy (non-hydrogen) atoms. The van der Waals surface area contributed by atoms with Crippen LogP contribution in [0.2, 0.25) is 0 Å². The van der Waals surface area contributed by atoms with Gasteiger partial charge in [-0.25, -0.2) is 9.13 Å². The van der Waals surface area contributed by atoms with E-state index < -0.39 is 97.5 Å². The Kier molecular flexibility index (Phi) is 78.6. The van der Waals surface area contributed by atoms with E-state index in [2.05, 4.69) is 149 Å². The number of esters is 4. The number of phosphoric ester groups is 2. The first-order valence-electron chi connectivity index (χ1n) is 43.4. The Balaban J connectivity index is 5.44. The van der Waals surface area contributed by atoms with Crippen molar-refractivity contribution in [3.05, 3.63) is 134 Å². The van der Waals surface area contributed by atoms with Gasteiger partial charge in [0, 0.05) is 25.7 Å². The summed E-state index contributed by atoms with van der Waals surface area (Å²) in [5, 5.41) is 10.7. The van der Waals surface area contributed by atoms with Crippen LogP contribution in [0, 0.1) is 0 Å². The summed E-state index contributed by atoms with van der Waals surface area (Å²) in [6, 6.07) is 0. The van der Waals surface area contributed by atoms with Crippen molar-refractivity contribution >= 4 is 39.5 Å². The number of unbranched alkanes of at least 4 members (excludes halogenated alkanes) is 33. The van der Waals surface area contributed by atoms with Gasteiger partial charge in [-0.15, -0.1) is 0 Å². The van der Waals surface area contributed by atoms with Crippen molar-refractivity contribution in [2.75, 3.05) is 39.6 Å². The van der Waals surface area contributed by atoms with Gasteiger partial charge in [0.15, 0.2) is 12.2 Å². The van der Waals surface area contributed by atoms with Gasteiger partial charge in [-0.3, -0.25) is 37.3 Å². The van der Waals surface area contributed by atoms with Crippen LogP contribution in [0.1, 0.15) is 362 Å². The summed E-state index contributed by atoms with van der Waals surface area (Å²) >= 11 is 0. The third-order valence-electron chi connectivity index (χ3n) is 18.1. The van der Waals surface area contributed by atoms with Gasteiger partial charge in [0.25, 0.3) is 0 Å². The zero-order chi connectivity index (χ0) is 80.3. The van der Waals surface area contributed by atoms with E-state index in [4.69, 9.17) is 37.0 Å².